The van der Waals surface area contributed by atoms with Gasteiger partial charge in [-0.2, -0.15) is 0 Å². The molecule has 0 spiro atoms. The Bertz CT molecular complexity index is 1040. The average molecular weight is 440 g/mol. The average Bonchev–Trinajstić information content (AvgIpc) is 3.48. The summed E-state index contributed by atoms with van der Waals surface area (Å²) in [6, 6.07) is 9.26. The number of hydrogen-bond acceptors (Lipinski definition) is 6. The maximum atomic E-state index is 12.1. The van der Waals surface area contributed by atoms with E-state index in [0.29, 0.717) is 35.8 Å². The van der Waals surface area contributed by atoms with Gasteiger partial charge in [0.1, 0.15) is 6.61 Å². The van der Waals surface area contributed by atoms with Gasteiger partial charge < -0.3 is 24.1 Å². The van der Waals surface area contributed by atoms with Gasteiger partial charge in [-0.3, -0.25) is 4.79 Å². The van der Waals surface area contributed by atoms with Crippen molar-refractivity contribution in [1.82, 2.24) is 0 Å². The first-order valence-electron chi connectivity index (χ1n) is 10.8. The number of benzene rings is 2. The molecular formula is C25H28O7. The molecule has 0 radical (unpaired) electrons. The molecule has 2 aliphatic rings. The van der Waals surface area contributed by atoms with Gasteiger partial charge in [-0.1, -0.05) is 19.1 Å². The highest BCUT2D eigenvalue weighted by molar-refractivity contribution is 5.96. The van der Waals surface area contributed by atoms with Gasteiger partial charge >= 0.3 is 11.9 Å². The van der Waals surface area contributed by atoms with E-state index in [4.69, 9.17) is 18.9 Å². The first kappa shape index (κ1) is 22.0. The zero-order valence-electron chi connectivity index (χ0n) is 18.6. The molecule has 0 saturated heterocycles. The SMILES string of the molecule is COc1ccc(-c2cccc3c2COC3=O)c(OCC2(CCC(C)C(=O)O)CC2)c1OC. The third-order valence-corrected chi connectivity index (χ3v) is 6.54. The summed E-state index contributed by atoms with van der Waals surface area (Å²) in [5.41, 5.74) is 3.02. The monoisotopic (exact) mass is 440 g/mol. The van der Waals surface area contributed by atoms with E-state index in [9.17, 15) is 14.7 Å². The molecule has 170 valence electrons. The third-order valence-electron chi connectivity index (χ3n) is 6.54. The first-order valence-corrected chi connectivity index (χ1v) is 10.8. The lowest BCUT2D eigenvalue weighted by Gasteiger charge is -2.22. The summed E-state index contributed by atoms with van der Waals surface area (Å²) < 4.78 is 22.8. The van der Waals surface area contributed by atoms with E-state index in [0.717, 1.165) is 36.0 Å². The number of ether oxygens (including phenoxy) is 4. The van der Waals surface area contributed by atoms with Crippen LogP contribution < -0.4 is 14.2 Å². The summed E-state index contributed by atoms with van der Waals surface area (Å²) in [5, 5.41) is 9.20. The number of carboxylic acid groups (broad SMARTS) is 1. The molecule has 1 unspecified atom stereocenters. The van der Waals surface area contributed by atoms with Crippen molar-refractivity contribution >= 4 is 11.9 Å². The van der Waals surface area contributed by atoms with Crippen LogP contribution in [0.5, 0.6) is 17.2 Å². The van der Waals surface area contributed by atoms with E-state index >= 15 is 0 Å². The maximum absolute atomic E-state index is 12.1. The van der Waals surface area contributed by atoms with Crippen LogP contribution >= 0.6 is 0 Å². The fourth-order valence-electron chi connectivity index (χ4n) is 4.17. The molecule has 0 bridgehead atoms. The van der Waals surface area contributed by atoms with Gasteiger partial charge in [0.2, 0.25) is 5.75 Å². The first-order chi connectivity index (χ1) is 15.4. The molecular weight excluding hydrogens is 412 g/mol. The number of cyclic esters (lactones) is 1. The zero-order valence-corrected chi connectivity index (χ0v) is 18.6. The molecule has 4 rings (SSSR count). The van der Waals surface area contributed by atoms with Gasteiger partial charge in [0.05, 0.1) is 32.3 Å². The Hall–Kier alpha value is -3.22. The number of methoxy groups -OCH3 is 2. The van der Waals surface area contributed by atoms with Crippen LogP contribution in [0.3, 0.4) is 0 Å². The third kappa shape index (κ3) is 4.11. The van der Waals surface area contributed by atoms with E-state index in [1.54, 1.807) is 27.2 Å². The second kappa shape index (κ2) is 8.73. The van der Waals surface area contributed by atoms with Crippen LogP contribution in [0.4, 0.5) is 0 Å². The van der Waals surface area contributed by atoms with E-state index in [2.05, 4.69) is 0 Å². The van der Waals surface area contributed by atoms with Crippen molar-refractivity contribution in [2.24, 2.45) is 11.3 Å². The van der Waals surface area contributed by atoms with Crippen molar-refractivity contribution in [3.05, 3.63) is 41.5 Å². The molecule has 1 saturated carbocycles. The number of aliphatic carboxylic acids is 1. The number of hydrogen-bond donors (Lipinski definition) is 1. The zero-order chi connectivity index (χ0) is 22.9. The van der Waals surface area contributed by atoms with E-state index < -0.39 is 5.97 Å². The fraction of sp³-hybridized carbons (Fsp3) is 0.440. The van der Waals surface area contributed by atoms with Crippen molar-refractivity contribution in [2.75, 3.05) is 20.8 Å². The summed E-state index contributed by atoms with van der Waals surface area (Å²) in [4.78, 5) is 23.2. The van der Waals surface area contributed by atoms with E-state index in [-0.39, 0.29) is 23.9 Å². The highest BCUT2D eigenvalue weighted by Crippen LogP contribution is 2.52. The number of carboxylic acids is 1. The van der Waals surface area contributed by atoms with Crippen LogP contribution in [0.1, 0.15) is 48.5 Å². The summed E-state index contributed by atoms with van der Waals surface area (Å²) in [6.45, 7) is 2.41. The molecule has 1 aliphatic heterocycles. The number of carbonyl (C=O) groups excluding carboxylic acids is 1. The van der Waals surface area contributed by atoms with Crippen molar-refractivity contribution in [1.29, 1.82) is 0 Å². The maximum Gasteiger partial charge on any atom is 0.338 e. The lowest BCUT2D eigenvalue weighted by molar-refractivity contribution is -0.141. The Balaban J connectivity index is 1.66. The predicted octanol–water partition coefficient (Wildman–Crippen LogP) is 4.70. The number of rotatable bonds is 10. The van der Waals surface area contributed by atoms with Gasteiger partial charge in [0.15, 0.2) is 11.5 Å². The van der Waals surface area contributed by atoms with Crippen molar-refractivity contribution in [3.8, 4) is 28.4 Å². The van der Waals surface area contributed by atoms with Crippen LogP contribution in [0.25, 0.3) is 11.1 Å². The second-order valence-electron chi connectivity index (χ2n) is 8.65. The molecule has 0 aromatic heterocycles. The fourth-order valence-corrected chi connectivity index (χ4v) is 4.17. The van der Waals surface area contributed by atoms with Crippen LogP contribution in [-0.2, 0) is 16.1 Å². The molecule has 1 aliphatic carbocycles. The molecule has 7 heteroatoms. The van der Waals surface area contributed by atoms with E-state index in [1.807, 2.05) is 24.3 Å². The van der Waals surface area contributed by atoms with Crippen molar-refractivity contribution < 1.29 is 33.6 Å². The Labute approximate surface area is 187 Å². The quantitative estimate of drug-likeness (QED) is 0.535. The molecule has 2 aromatic rings. The summed E-state index contributed by atoms with van der Waals surface area (Å²) in [5.74, 6) is 0.122. The smallest absolute Gasteiger partial charge is 0.338 e. The van der Waals surface area contributed by atoms with Crippen LogP contribution in [0.2, 0.25) is 0 Å². The minimum Gasteiger partial charge on any atom is -0.493 e. The highest BCUT2D eigenvalue weighted by Gasteiger charge is 2.44. The van der Waals surface area contributed by atoms with Gasteiger partial charge in [-0.15, -0.1) is 0 Å². The number of fused-ring (bicyclic) bond motifs is 1. The van der Waals surface area contributed by atoms with Crippen molar-refractivity contribution in [2.45, 2.75) is 39.2 Å². The lowest BCUT2D eigenvalue weighted by Crippen LogP contribution is -2.17. The summed E-state index contributed by atoms with van der Waals surface area (Å²) >= 11 is 0. The van der Waals surface area contributed by atoms with Crippen LogP contribution in [0, 0.1) is 11.3 Å². The lowest BCUT2D eigenvalue weighted by atomic mass is 9.94. The van der Waals surface area contributed by atoms with Gasteiger partial charge in [0, 0.05) is 16.5 Å². The summed E-state index contributed by atoms with van der Waals surface area (Å²) in [6.07, 6.45) is 3.42. The predicted molar refractivity (Wildman–Crippen MR) is 117 cm³/mol. The minimum absolute atomic E-state index is 0.0211. The van der Waals surface area contributed by atoms with Gasteiger partial charge in [-0.25, -0.2) is 4.79 Å². The van der Waals surface area contributed by atoms with Gasteiger partial charge in [-0.05, 0) is 49.4 Å². The largest absolute Gasteiger partial charge is 0.493 e. The molecule has 2 aromatic carbocycles. The second-order valence-corrected chi connectivity index (χ2v) is 8.65. The molecule has 0 amide bonds. The highest BCUT2D eigenvalue weighted by atomic mass is 16.5. The molecule has 1 N–H and O–H groups in total. The van der Waals surface area contributed by atoms with Crippen molar-refractivity contribution in [3.63, 3.8) is 0 Å². The Kier molecular flexibility index (Phi) is 6.00. The number of carbonyl (C=O) groups is 2. The summed E-state index contributed by atoms with van der Waals surface area (Å²) in [7, 11) is 3.14. The molecule has 1 atom stereocenters. The van der Waals surface area contributed by atoms with Gasteiger partial charge in [0.25, 0.3) is 0 Å². The molecule has 1 heterocycles. The Morgan fingerprint density at radius 1 is 1.09 bits per heavy atom. The number of esters is 1. The topological polar surface area (TPSA) is 91.3 Å². The van der Waals surface area contributed by atoms with Crippen LogP contribution in [-0.4, -0.2) is 37.9 Å². The molecule has 7 nitrogen and oxygen atoms in total. The minimum atomic E-state index is -0.770. The Morgan fingerprint density at radius 2 is 1.84 bits per heavy atom. The Morgan fingerprint density at radius 3 is 2.50 bits per heavy atom. The van der Waals surface area contributed by atoms with E-state index in [1.165, 1.54) is 0 Å². The normalized spacial score (nSPS) is 16.7. The molecule has 1 fully saturated rings. The standard InChI is InChI=1S/C25H28O7/c1-15(23(26)27)9-10-25(11-12-25)14-32-21-17(7-8-20(29-2)22(21)30-3)16-5-4-6-18-19(16)13-31-24(18)28/h4-8,15H,9-14H2,1-3H3,(H,26,27). The van der Waals surface area contributed by atoms with Crippen LogP contribution in [0.15, 0.2) is 30.3 Å². The molecule has 32 heavy (non-hydrogen) atoms.